The number of hydrogen-bond acceptors (Lipinski definition) is 4. The molecule has 1 aliphatic rings. The van der Waals surface area contributed by atoms with Crippen molar-refractivity contribution >= 4 is 9.84 Å². The van der Waals surface area contributed by atoms with Crippen molar-refractivity contribution in [1.82, 2.24) is 0 Å². The van der Waals surface area contributed by atoms with Crippen LogP contribution in [-0.2, 0) is 14.6 Å². The van der Waals surface area contributed by atoms with Gasteiger partial charge in [-0.3, -0.25) is 0 Å². The third-order valence-electron chi connectivity index (χ3n) is 2.84. The normalized spacial score (nSPS) is 40.1. The fourth-order valence-electron chi connectivity index (χ4n) is 1.64. The van der Waals surface area contributed by atoms with Gasteiger partial charge in [-0.25, -0.2) is 8.42 Å². The minimum atomic E-state index is -2.96. The summed E-state index contributed by atoms with van der Waals surface area (Å²) in [6.07, 6.45) is 0.517. The largest absolute Gasteiger partial charge is 0.376 e. The van der Waals surface area contributed by atoms with E-state index in [1.807, 2.05) is 0 Å². The molecule has 0 radical (unpaired) electrons. The number of sulfone groups is 1. The van der Waals surface area contributed by atoms with Crippen LogP contribution in [0.25, 0.3) is 0 Å². The maximum Gasteiger partial charge on any atom is 0.155 e. The molecule has 1 aliphatic heterocycles. The van der Waals surface area contributed by atoms with E-state index >= 15 is 0 Å². The monoisotopic (exact) mass is 193 g/mol. The van der Waals surface area contributed by atoms with Crippen LogP contribution in [0.4, 0.5) is 0 Å². The first kappa shape index (κ1) is 9.95. The van der Waals surface area contributed by atoms with E-state index in [0.29, 0.717) is 6.42 Å². The van der Waals surface area contributed by atoms with Crippen LogP contribution in [0.3, 0.4) is 0 Å². The molecular weight excluding hydrogens is 178 g/mol. The van der Waals surface area contributed by atoms with Crippen LogP contribution in [0.2, 0.25) is 0 Å². The molecular formula is C7H15NO3S. The maximum atomic E-state index is 11.4. The van der Waals surface area contributed by atoms with Gasteiger partial charge < -0.3 is 10.5 Å². The third kappa shape index (κ3) is 1.26. The Hall–Kier alpha value is -0.130. The van der Waals surface area contributed by atoms with Crippen LogP contribution in [0, 0.1) is 0 Å². The molecule has 1 rings (SSSR count). The second kappa shape index (κ2) is 2.97. The first-order chi connectivity index (χ1) is 5.48. The molecule has 4 nitrogen and oxygen atoms in total. The Kier molecular flexibility index (Phi) is 2.47. The van der Waals surface area contributed by atoms with Crippen molar-refractivity contribution in [3.05, 3.63) is 0 Å². The number of methoxy groups -OCH3 is 1. The molecule has 0 aromatic carbocycles. The molecule has 0 amide bonds. The summed E-state index contributed by atoms with van der Waals surface area (Å²) in [5, 5.41) is -0.472. The third-order valence-corrected chi connectivity index (χ3v) is 5.12. The van der Waals surface area contributed by atoms with Crippen molar-refractivity contribution in [2.45, 2.75) is 24.2 Å². The van der Waals surface area contributed by atoms with Crippen LogP contribution in [0.5, 0.6) is 0 Å². The fraction of sp³-hybridized carbons (Fsp3) is 1.00. The van der Waals surface area contributed by atoms with E-state index in [1.54, 1.807) is 6.92 Å². The highest BCUT2D eigenvalue weighted by atomic mass is 32.2. The number of rotatable bonds is 2. The lowest BCUT2D eigenvalue weighted by atomic mass is 9.97. The minimum Gasteiger partial charge on any atom is -0.376 e. The average molecular weight is 193 g/mol. The standard InChI is InChI=1S/C7H15NO3S/c1-6-7(5-8,11-2)3-4-12(6,9)10/h6H,3-5,8H2,1-2H3. The first-order valence-electron chi connectivity index (χ1n) is 3.95. The second-order valence-electron chi connectivity index (χ2n) is 3.23. The smallest absolute Gasteiger partial charge is 0.155 e. The molecule has 0 saturated carbocycles. The van der Waals surface area contributed by atoms with Gasteiger partial charge in [0.1, 0.15) is 0 Å². The molecule has 0 spiro atoms. The summed E-state index contributed by atoms with van der Waals surface area (Å²) in [7, 11) is -1.44. The van der Waals surface area contributed by atoms with Crippen molar-refractivity contribution in [1.29, 1.82) is 0 Å². The minimum absolute atomic E-state index is 0.194. The van der Waals surface area contributed by atoms with Gasteiger partial charge in [0.25, 0.3) is 0 Å². The van der Waals surface area contributed by atoms with Crippen molar-refractivity contribution in [2.24, 2.45) is 5.73 Å². The SMILES string of the molecule is COC1(CN)CCS(=O)(=O)C1C. The Morgan fingerprint density at radius 2 is 2.25 bits per heavy atom. The number of nitrogens with two attached hydrogens (primary N) is 1. The Balaban J connectivity index is 2.98. The fourth-order valence-corrected chi connectivity index (χ4v) is 3.59. The van der Waals surface area contributed by atoms with Crippen LogP contribution in [0.15, 0.2) is 0 Å². The molecule has 2 atom stereocenters. The molecule has 0 aliphatic carbocycles. The highest BCUT2D eigenvalue weighted by Crippen LogP contribution is 2.32. The molecule has 12 heavy (non-hydrogen) atoms. The highest BCUT2D eigenvalue weighted by Gasteiger charge is 2.48. The lowest BCUT2D eigenvalue weighted by Gasteiger charge is -2.28. The summed E-state index contributed by atoms with van der Waals surface area (Å²) < 4.78 is 27.9. The van der Waals surface area contributed by atoms with Gasteiger partial charge in [-0.2, -0.15) is 0 Å². The van der Waals surface area contributed by atoms with E-state index in [2.05, 4.69) is 0 Å². The van der Waals surface area contributed by atoms with E-state index in [1.165, 1.54) is 7.11 Å². The highest BCUT2D eigenvalue weighted by molar-refractivity contribution is 7.92. The van der Waals surface area contributed by atoms with Crippen molar-refractivity contribution < 1.29 is 13.2 Å². The van der Waals surface area contributed by atoms with Gasteiger partial charge in [0.15, 0.2) is 9.84 Å². The quantitative estimate of drug-likeness (QED) is 0.644. The van der Waals surface area contributed by atoms with Gasteiger partial charge in [0.2, 0.25) is 0 Å². The zero-order valence-corrected chi connectivity index (χ0v) is 8.23. The van der Waals surface area contributed by atoms with Gasteiger partial charge in [-0.15, -0.1) is 0 Å². The molecule has 0 aromatic rings. The van der Waals surface area contributed by atoms with Gasteiger partial charge in [0, 0.05) is 13.7 Å². The van der Waals surface area contributed by atoms with E-state index < -0.39 is 20.7 Å². The predicted octanol–water partition coefficient (Wildman–Crippen LogP) is -0.463. The van der Waals surface area contributed by atoms with Gasteiger partial charge in [-0.1, -0.05) is 0 Å². The van der Waals surface area contributed by atoms with Crippen LogP contribution in [0.1, 0.15) is 13.3 Å². The summed E-state index contributed by atoms with van der Waals surface area (Å²) in [5.74, 6) is 0.194. The Morgan fingerprint density at radius 3 is 2.42 bits per heavy atom. The molecule has 1 saturated heterocycles. The summed E-state index contributed by atoms with van der Waals surface area (Å²) in [6.45, 7) is 1.93. The predicted molar refractivity (Wildman–Crippen MR) is 46.7 cm³/mol. The molecule has 72 valence electrons. The average Bonchev–Trinajstić information content (AvgIpc) is 2.27. The molecule has 1 heterocycles. The molecule has 0 aromatic heterocycles. The molecule has 2 N–H and O–H groups in total. The van der Waals surface area contributed by atoms with E-state index in [-0.39, 0.29) is 12.3 Å². The Bertz CT molecular complexity index is 256. The first-order valence-corrected chi connectivity index (χ1v) is 5.67. The van der Waals surface area contributed by atoms with E-state index in [0.717, 1.165) is 0 Å². The summed E-state index contributed by atoms with van der Waals surface area (Å²) in [4.78, 5) is 0. The van der Waals surface area contributed by atoms with Gasteiger partial charge in [-0.05, 0) is 13.3 Å². The number of ether oxygens (including phenoxy) is 1. The van der Waals surface area contributed by atoms with Gasteiger partial charge >= 0.3 is 0 Å². The Morgan fingerprint density at radius 1 is 1.67 bits per heavy atom. The van der Waals surface area contributed by atoms with Crippen molar-refractivity contribution in [2.75, 3.05) is 19.4 Å². The zero-order valence-electron chi connectivity index (χ0n) is 7.41. The van der Waals surface area contributed by atoms with Crippen molar-refractivity contribution in [3.63, 3.8) is 0 Å². The molecule has 5 heteroatoms. The maximum absolute atomic E-state index is 11.4. The molecule has 1 fully saturated rings. The lowest BCUT2D eigenvalue weighted by Crippen LogP contribution is -2.46. The second-order valence-corrected chi connectivity index (χ2v) is 5.67. The van der Waals surface area contributed by atoms with Gasteiger partial charge in [0.05, 0.1) is 16.6 Å². The van der Waals surface area contributed by atoms with E-state index in [9.17, 15) is 8.42 Å². The molecule has 0 bridgehead atoms. The number of hydrogen-bond donors (Lipinski definition) is 1. The van der Waals surface area contributed by atoms with Crippen LogP contribution < -0.4 is 5.73 Å². The van der Waals surface area contributed by atoms with E-state index in [4.69, 9.17) is 10.5 Å². The lowest BCUT2D eigenvalue weighted by molar-refractivity contribution is 0.00199. The van der Waals surface area contributed by atoms with Crippen LogP contribution >= 0.6 is 0 Å². The Labute approximate surface area is 73.0 Å². The summed E-state index contributed by atoms with van der Waals surface area (Å²) in [5.41, 5.74) is 4.86. The van der Waals surface area contributed by atoms with Crippen LogP contribution in [-0.4, -0.2) is 38.7 Å². The molecule has 2 unspecified atom stereocenters. The topological polar surface area (TPSA) is 69.4 Å². The zero-order chi connectivity index (χ0) is 9.41. The summed E-state index contributed by atoms with van der Waals surface area (Å²) >= 11 is 0. The van der Waals surface area contributed by atoms with Crippen molar-refractivity contribution in [3.8, 4) is 0 Å². The summed E-state index contributed by atoms with van der Waals surface area (Å²) in [6, 6.07) is 0.